The number of aliphatic hydroxyl groups excluding tert-OH is 1. The van der Waals surface area contributed by atoms with Gasteiger partial charge in [-0.2, -0.15) is 0 Å². The van der Waals surface area contributed by atoms with Crippen LogP contribution in [0.1, 0.15) is 35.6 Å². The Bertz CT molecular complexity index is 420. The van der Waals surface area contributed by atoms with Crippen molar-refractivity contribution in [1.29, 1.82) is 0 Å². The first kappa shape index (κ1) is 14.3. The summed E-state index contributed by atoms with van der Waals surface area (Å²) < 4.78 is 0. The van der Waals surface area contributed by atoms with Gasteiger partial charge in [0.1, 0.15) is 0 Å². The number of hydrogen-bond acceptors (Lipinski definition) is 4. The molecule has 1 fully saturated rings. The molecule has 6 heteroatoms. The Labute approximate surface area is 117 Å². The van der Waals surface area contributed by atoms with Crippen molar-refractivity contribution in [2.75, 3.05) is 13.2 Å². The van der Waals surface area contributed by atoms with Gasteiger partial charge in [0, 0.05) is 30.3 Å². The maximum atomic E-state index is 12.2. The number of aliphatic hydroxyl groups is 1. The molecular formula is C13H21N3O2S. The van der Waals surface area contributed by atoms with Gasteiger partial charge in [0.25, 0.3) is 0 Å². The first-order chi connectivity index (χ1) is 9.20. The van der Waals surface area contributed by atoms with E-state index in [0.29, 0.717) is 13.0 Å². The molecule has 2 heterocycles. The van der Waals surface area contributed by atoms with Gasteiger partial charge in [0.15, 0.2) is 0 Å². The number of piperidine rings is 1. The van der Waals surface area contributed by atoms with Crippen LogP contribution >= 0.6 is 11.3 Å². The molecule has 2 rings (SSSR count). The van der Waals surface area contributed by atoms with E-state index >= 15 is 0 Å². The lowest BCUT2D eigenvalue weighted by atomic mass is 10.0. The fraction of sp³-hybridized carbons (Fsp3) is 0.692. The van der Waals surface area contributed by atoms with Crippen molar-refractivity contribution in [3.8, 4) is 0 Å². The highest BCUT2D eigenvalue weighted by Crippen LogP contribution is 2.19. The average molecular weight is 283 g/mol. The van der Waals surface area contributed by atoms with E-state index in [9.17, 15) is 4.79 Å². The number of aromatic nitrogens is 1. The van der Waals surface area contributed by atoms with Crippen LogP contribution < -0.4 is 5.32 Å². The zero-order valence-electron chi connectivity index (χ0n) is 11.3. The molecule has 0 bridgehead atoms. The fourth-order valence-corrected chi connectivity index (χ4v) is 3.20. The fourth-order valence-electron chi connectivity index (χ4n) is 2.47. The molecule has 1 atom stereocenters. The molecule has 0 saturated carbocycles. The van der Waals surface area contributed by atoms with Gasteiger partial charge in [-0.3, -0.25) is 0 Å². The third-order valence-electron chi connectivity index (χ3n) is 3.43. The second-order valence-electron chi connectivity index (χ2n) is 4.86. The lowest BCUT2D eigenvalue weighted by Gasteiger charge is -2.35. The Hall–Kier alpha value is -1.14. The third kappa shape index (κ3) is 3.91. The largest absolute Gasteiger partial charge is 0.396 e. The predicted molar refractivity (Wildman–Crippen MR) is 75.1 cm³/mol. The minimum atomic E-state index is -0.0239. The average Bonchev–Trinajstić information content (AvgIpc) is 2.83. The minimum absolute atomic E-state index is 0.0239. The maximum absolute atomic E-state index is 12.2. The van der Waals surface area contributed by atoms with Crippen LogP contribution in [0.2, 0.25) is 0 Å². The summed E-state index contributed by atoms with van der Waals surface area (Å²) in [5.74, 6) is 0. The number of carbonyl (C=O) groups excluding carboxylic acids is 1. The third-order valence-corrected chi connectivity index (χ3v) is 4.35. The molecule has 1 aromatic heterocycles. The summed E-state index contributed by atoms with van der Waals surface area (Å²) in [6.07, 6.45) is 5.67. The van der Waals surface area contributed by atoms with Crippen LogP contribution in [0, 0.1) is 6.92 Å². The van der Waals surface area contributed by atoms with Gasteiger partial charge in [-0.15, -0.1) is 11.3 Å². The van der Waals surface area contributed by atoms with Crippen LogP contribution in [0.3, 0.4) is 0 Å². The normalized spacial score (nSPS) is 19.5. The highest BCUT2D eigenvalue weighted by molar-refractivity contribution is 7.11. The molecule has 0 aliphatic carbocycles. The summed E-state index contributed by atoms with van der Waals surface area (Å²) in [6.45, 7) is 3.42. The van der Waals surface area contributed by atoms with Crippen molar-refractivity contribution in [2.24, 2.45) is 0 Å². The molecule has 5 nitrogen and oxygen atoms in total. The Morgan fingerprint density at radius 1 is 1.63 bits per heavy atom. The lowest BCUT2D eigenvalue weighted by molar-refractivity contribution is 0.131. The van der Waals surface area contributed by atoms with E-state index in [4.69, 9.17) is 5.11 Å². The molecule has 106 valence electrons. The van der Waals surface area contributed by atoms with E-state index in [-0.39, 0.29) is 18.7 Å². The van der Waals surface area contributed by atoms with Crippen molar-refractivity contribution in [3.63, 3.8) is 0 Å². The number of carbonyl (C=O) groups is 1. The molecule has 1 saturated heterocycles. The van der Waals surface area contributed by atoms with Gasteiger partial charge in [-0.1, -0.05) is 0 Å². The van der Waals surface area contributed by atoms with Crippen molar-refractivity contribution in [1.82, 2.24) is 15.2 Å². The van der Waals surface area contributed by atoms with Crippen LogP contribution in [0.15, 0.2) is 6.20 Å². The topological polar surface area (TPSA) is 65.5 Å². The smallest absolute Gasteiger partial charge is 0.317 e. The number of nitrogens with zero attached hydrogens (tertiary/aromatic N) is 2. The van der Waals surface area contributed by atoms with Crippen molar-refractivity contribution < 1.29 is 9.90 Å². The maximum Gasteiger partial charge on any atom is 0.317 e. The Balaban J connectivity index is 1.86. The number of amides is 2. The van der Waals surface area contributed by atoms with Gasteiger partial charge in [0.2, 0.25) is 0 Å². The quantitative estimate of drug-likeness (QED) is 0.887. The van der Waals surface area contributed by atoms with E-state index in [1.165, 1.54) is 0 Å². The van der Waals surface area contributed by atoms with Crippen LogP contribution in [-0.4, -0.2) is 40.2 Å². The van der Waals surface area contributed by atoms with E-state index in [1.807, 2.05) is 18.0 Å². The molecule has 19 heavy (non-hydrogen) atoms. The second kappa shape index (κ2) is 6.86. The molecule has 0 spiro atoms. The standard InChI is InChI=1S/C13H21N3O2S/c1-10-14-8-12(19-10)9-15-13(18)16-6-3-2-4-11(16)5-7-17/h8,11,17H,2-7,9H2,1H3,(H,15,18). The Morgan fingerprint density at radius 2 is 2.47 bits per heavy atom. The van der Waals surface area contributed by atoms with Gasteiger partial charge in [0.05, 0.1) is 11.6 Å². The molecule has 1 unspecified atom stereocenters. The number of thiazole rings is 1. The molecule has 2 N–H and O–H groups in total. The molecule has 2 amide bonds. The SMILES string of the molecule is Cc1ncc(CNC(=O)N2CCCCC2CCO)s1. The summed E-state index contributed by atoms with van der Waals surface area (Å²) in [4.78, 5) is 19.3. The lowest BCUT2D eigenvalue weighted by Crippen LogP contribution is -2.48. The van der Waals surface area contributed by atoms with E-state index in [1.54, 1.807) is 11.3 Å². The number of hydrogen-bond donors (Lipinski definition) is 2. The predicted octanol–water partition coefficient (Wildman–Crippen LogP) is 1.90. The van der Waals surface area contributed by atoms with Crippen molar-refractivity contribution in [2.45, 2.75) is 45.2 Å². The van der Waals surface area contributed by atoms with Crippen molar-refractivity contribution >= 4 is 17.4 Å². The van der Waals surface area contributed by atoms with Gasteiger partial charge in [-0.25, -0.2) is 9.78 Å². The van der Waals surface area contributed by atoms with Crippen LogP contribution in [0.25, 0.3) is 0 Å². The van der Waals surface area contributed by atoms with Crippen molar-refractivity contribution in [3.05, 3.63) is 16.1 Å². The Morgan fingerprint density at radius 3 is 3.16 bits per heavy atom. The summed E-state index contributed by atoms with van der Waals surface area (Å²) >= 11 is 1.60. The van der Waals surface area contributed by atoms with Crippen LogP contribution in [0.5, 0.6) is 0 Å². The monoisotopic (exact) mass is 283 g/mol. The molecule has 1 aliphatic rings. The Kier molecular flexibility index (Phi) is 5.15. The summed E-state index contributed by atoms with van der Waals surface area (Å²) in [5, 5.41) is 13.0. The minimum Gasteiger partial charge on any atom is -0.396 e. The van der Waals surface area contributed by atoms with Crippen LogP contribution in [-0.2, 0) is 6.54 Å². The zero-order chi connectivity index (χ0) is 13.7. The summed E-state index contributed by atoms with van der Waals surface area (Å²) in [6, 6.07) is 0.158. The number of rotatable bonds is 4. The van der Waals surface area contributed by atoms with E-state index < -0.39 is 0 Å². The highest BCUT2D eigenvalue weighted by atomic mass is 32.1. The molecule has 0 aromatic carbocycles. The zero-order valence-corrected chi connectivity index (χ0v) is 12.1. The van der Waals surface area contributed by atoms with Gasteiger partial charge < -0.3 is 15.3 Å². The van der Waals surface area contributed by atoms with Gasteiger partial charge >= 0.3 is 6.03 Å². The summed E-state index contributed by atoms with van der Waals surface area (Å²) in [5.41, 5.74) is 0. The molecule has 1 aliphatic heterocycles. The number of urea groups is 1. The highest BCUT2D eigenvalue weighted by Gasteiger charge is 2.25. The molecular weight excluding hydrogens is 262 g/mol. The van der Waals surface area contributed by atoms with E-state index in [2.05, 4.69) is 10.3 Å². The second-order valence-corrected chi connectivity index (χ2v) is 6.18. The van der Waals surface area contributed by atoms with Crippen LogP contribution in [0.4, 0.5) is 4.79 Å². The molecule has 1 aromatic rings. The number of aryl methyl sites for hydroxylation is 1. The first-order valence-corrected chi connectivity index (χ1v) is 7.59. The van der Waals surface area contributed by atoms with Gasteiger partial charge in [-0.05, 0) is 32.6 Å². The molecule has 0 radical (unpaired) electrons. The van der Waals surface area contributed by atoms with E-state index in [0.717, 1.165) is 35.7 Å². The summed E-state index contributed by atoms with van der Waals surface area (Å²) in [7, 11) is 0. The number of likely N-dealkylation sites (tertiary alicyclic amines) is 1. The number of nitrogens with one attached hydrogen (secondary N) is 1. The first-order valence-electron chi connectivity index (χ1n) is 6.77.